The second-order valence-electron chi connectivity index (χ2n) is 5.90. The third-order valence-corrected chi connectivity index (χ3v) is 5.07. The van der Waals surface area contributed by atoms with Gasteiger partial charge in [-0.2, -0.15) is 0 Å². The number of sulfonamides is 1. The third-order valence-electron chi connectivity index (χ3n) is 4.14. The van der Waals surface area contributed by atoms with Gasteiger partial charge in [-0.25, -0.2) is 13.6 Å². The molecule has 5 nitrogen and oxygen atoms in total. The molecule has 0 saturated heterocycles. The normalized spacial score (nSPS) is 11.9. The van der Waals surface area contributed by atoms with Gasteiger partial charge in [0.15, 0.2) is 0 Å². The van der Waals surface area contributed by atoms with E-state index < -0.39 is 10.0 Å². The number of primary sulfonamides is 1. The summed E-state index contributed by atoms with van der Waals surface area (Å²) in [6, 6.07) is 15.1. The van der Waals surface area contributed by atoms with Crippen molar-refractivity contribution >= 4 is 20.9 Å². The van der Waals surface area contributed by atoms with E-state index in [4.69, 9.17) is 5.14 Å². The molecule has 3 aromatic rings. The van der Waals surface area contributed by atoms with Crippen molar-refractivity contribution in [3.8, 4) is 0 Å². The molecule has 6 heteroatoms. The first-order valence-electron chi connectivity index (χ1n) is 7.80. The molecular formula is C18H21N3O2S. The summed E-state index contributed by atoms with van der Waals surface area (Å²) in [6.45, 7) is 1.62. The zero-order valence-electron chi connectivity index (χ0n) is 13.6. The van der Waals surface area contributed by atoms with Gasteiger partial charge in [-0.05, 0) is 42.3 Å². The zero-order chi connectivity index (χ0) is 17.2. The highest BCUT2D eigenvalue weighted by Crippen LogP contribution is 2.19. The Hall–Kier alpha value is -2.15. The van der Waals surface area contributed by atoms with Crippen molar-refractivity contribution in [1.29, 1.82) is 0 Å². The summed E-state index contributed by atoms with van der Waals surface area (Å²) in [5, 5.41) is 9.81. The van der Waals surface area contributed by atoms with Crippen LogP contribution in [0.2, 0.25) is 0 Å². The highest BCUT2D eigenvalue weighted by Gasteiger charge is 2.07. The van der Waals surface area contributed by atoms with Crippen LogP contribution in [0.25, 0.3) is 10.9 Å². The fourth-order valence-corrected chi connectivity index (χ4v) is 3.38. The minimum atomic E-state index is -3.62. The van der Waals surface area contributed by atoms with Gasteiger partial charge in [-0.3, -0.25) is 0 Å². The van der Waals surface area contributed by atoms with E-state index in [0.717, 1.165) is 25.1 Å². The van der Waals surface area contributed by atoms with E-state index in [1.54, 1.807) is 24.3 Å². The van der Waals surface area contributed by atoms with Crippen LogP contribution in [0.15, 0.2) is 59.6 Å². The molecule has 0 aliphatic heterocycles. The van der Waals surface area contributed by atoms with Gasteiger partial charge in [0.25, 0.3) is 0 Å². The van der Waals surface area contributed by atoms with E-state index in [0.29, 0.717) is 0 Å². The lowest BCUT2D eigenvalue weighted by Gasteiger charge is -2.05. The molecule has 0 unspecified atom stereocenters. The van der Waals surface area contributed by atoms with Gasteiger partial charge < -0.3 is 9.88 Å². The number of benzene rings is 2. The third kappa shape index (κ3) is 3.67. The monoisotopic (exact) mass is 343 g/mol. The first-order valence-corrected chi connectivity index (χ1v) is 9.35. The van der Waals surface area contributed by atoms with E-state index in [9.17, 15) is 8.42 Å². The van der Waals surface area contributed by atoms with Crippen LogP contribution in [-0.4, -0.2) is 19.5 Å². The second-order valence-corrected chi connectivity index (χ2v) is 7.46. The molecular weight excluding hydrogens is 322 g/mol. The number of rotatable bonds is 6. The Bertz CT molecular complexity index is 944. The van der Waals surface area contributed by atoms with Crippen LogP contribution in [0.4, 0.5) is 0 Å². The number of aryl methyl sites for hydroxylation is 1. The number of nitrogens with zero attached hydrogens (tertiary/aromatic N) is 1. The predicted octanol–water partition coefficient (Wildman–Crippen LogP) is 2.16. The van der Waals surface area contributed by atoms with Crippen molar-refractivity contribution in [2.24, 2.45) is 12.2 Å². The zero-order valence-corrected chi connectivity index (χ0v) is 14.4. The number of hydrogen-bond donors (Lipinski definition) is 2. The maximum Gasteiger partial charge on any atom is 0.238 e. The second kappa shape index (κ2) is 6.76. The molecule has 3 N–H and O–H groups in total. The van der Waals surface area contributed by atoms with Gasteiger partial charge in [0.2, 0.25) is 10.0 Å². The smallest absolute Gasteiger partial charge is 0.238 e. The summed E-state index contributed by atoms with van der Waals surface area (Å²) in [7, 11) is -1.56. The minimum absolute atomic E-state index is 0.148. The molecule has 0 fully saturated rings. The maximum absolute atomic E-state index is 11.2. The van der Waals surface area contributed by atoms with Gasteiger partial charge >= 0.3 is 0 Å². The Balaban J connectivity index is 1.57. The van der Waals surface area contributed by atoms with Crippen LogP contribution in [0.3, 0.4) is 0 Å². The summed E-state index contributed by atoms with van der Waals surface area (Å²) >= 11 is 0. The Morgan fingerprint density at radius 1 is 1.08 bits per heavy atom. The molecule has 0 saturated carbocycles. The first-order chi connectivity index (χ1) is 11.4. The van der Waals surface area contributed by atoms with Crippen molar-refractivity contribution in [3.05, 3.63) is 65.9 Å². The molecule has 126 valence electrons. The molecule has 0 spiro atoms. The summed E-state index contributed by atoms with van der Waals surface area (Å²) in [5.41, 5.74) is 3.58. The van der Waals surface area contributed by atoms with Gasteiger partial charge in [0.1, 0.15) is 0 Å². The summed E-state index contributed by atoms with van der Waals surface area (Å²) in [4.78, 5) is 0.148. The van der Waals surface area contributed by atoms with E-state index in [1.807, 2.05) is 6.07 Å². The van der Waals surface area contributed by atoms with Crippen molar-refractivity contribution in [1.82, 2.24) is 9.88 Å². The molecule has 3 rings (SSSR count). The van der Waals surface area contributed by atoms with Crippen LogP contribution >= 0.6 is 0 Å². The van der Waals surface area contributed by atoms with Crippen molar-refractivity contribution in [2.75, 3.05) is 6.54 Å². The molecule has 0 bridgehead atoms. The Kier molecular flexibility index (Phi) is 4.71. The van der Waals surface area contributed by atoms with Crippen molar-refractivity contribution in [3.63, 3.8) is 0 Å². The summed E-state index contributed by atoms with van der Waals surface area (Å²) in [5.74, 6) is 0. The number of nitrogens with two attached hydrogens (primary N) is 1. The molecule has 0 aliphatic rings. The summed E-state index contributed by atoms with van der Waals surface area (Å²) in [6.07, 6.45) is 2.98. The highest BCUT2D eigenvalue weighted by molar-refractivity contribution is 7.89. The van der Waals surface area contributed by atoms with E-state index in [-0.39, 0.29) is 4.90 Å². The van der Waals surface area contributed by atoms with E-state index in [1.165, 1.54) is 16.5 Å². The SMILES string of the molecule is Cn1cc(CNCCc2ccc(S(N)(=O)=O)cc2)c2ccccc21. The predicted molar refractivity (Wildman–Crippen MR) is 96.1 cm³/mol. The standard InChI is InChI=1S/C18H21N3O2S/c1-21-13-15(17-4-2-3-5-18(17)21)12-20-11-10-14-6-8-16(9-7-14)24(19,22)23/h2-9,13,20H,10-12H2,1H3,(H2,19,22,23). The van der Waals surface area contributed by atoms with Crippen LogP contribution in [-0.2, 0) is 30.0 Å². The quantitative estimate of drug-likeness (QED) is 0.673. The molecule has 0 aliphatic carbocycles. The fraction of sp³-hybridized carbons (Fsp3) is 0.222. The molecule has 1 aromatic heterocycles. The Morgan fingerprint density at radius 3 is 2.50 bits per heavy atom. The molecule has 1 heterocycles. The lowest BCUT2D eigenvalue weighted by molar-refractivity contribution is 0.597. The largest absolute Gasteiger partial charge is 0.350 e. The molecule has 0 atom stereocenters. The lowest BCUT2D eigenvalue weighted by Crippen LogP contribution is -2.16. The van der Waals surface area contributed by atoms with E-state index in [2.05, 4.69) is 41.3 Å². The Labute approximate surface area is 142 Å². The van der Waals surface area contributed by atoms with E-state index >= 15 is 0 Å². The van der Waals surface area contributed by atoms with Crippen molar-refractivity contribution < 1.29 is 8.42 Å². The average Bonchev–Trinajstić information content (AvgIpc) is 2.88. The molecule has 24 heavy (non-hydrogen) atoms. The number of nitrogens with one attached hydrogen (secondary N) is 1. The van der Waals surface area contributed by atoms with Gasteiger partial charge in [-0.1, -0.05) is 30.3 Å². The number of para-hydroxylation sites is 1. The van der Waals surface area contributed by atoms with Crippen LogP contribution < -0.4 is 10.5 Å². The lowest BCUT2D eigenvalue weighted by atomic mass is 10.1. The topological polar surface area (TPSA) is 77.1 Å². The summed E-state index contributed by atoms with van der Waals surface area (Å²) < 4.78 is 24.6. The molecule has 0 radical (unpaired) electrons. The minimum Gasteiger partial charge on any atom is -0.350 e. The van der Waals surface area contributed by atoms with Gasteiger partial charge in [-0.15, -0.1) is 0 Å². The number of fused-ring (bicyclic) bond motifs is 1. The highest BCUT2D eigenvalue weighted by atomic mass is 32.2. The molecule has 0 amide bonds. The maximum atomic E-state index is 11.2. The number of hydrogen-bond acceptors (Lipinski definition) is 3. The van der Waals surface area contributed by atoms with Crippen LogP contribution in [0, 0.1) is 0 Å². The fourth-order valence-electron chi connectivity index (χ4n) is 2.87. The average molecular weight is 343 g/mol. The van der Waals surface area contributed by atoms with Gasteiger partial charge in [0, 0.05) is 30.7 Å². The van der Waals surface area contributed by atoms with Crippen LogP contribution in [0.5, 0.6) is 0 Å². The first kappa shape index (κ1) is 16.7. The Morgan fingerprint density at radius 2 is 1.79 bits per heavy atom. The molecule has 2 aromatic carbocycles. The van der Waals surface area contributed by atoms with Crippen molar-refractivity contribution in [2.45, 2.75) is 17.9 Å². The van der Waals surface area contributed by atoms with Crippen LogP contribution in [0.1, 0.15) is 11.1 Å². The number of aromatic nitrogens is 1. The van der Waals surface area contributed by atoms with Gasteiger partial charge in [0.05, 0.1) is 4.90 Å².